The van der Waals surface area contributed by atoms with Gasteiger partial charge in [-0.05, 0) is 60.1 Å². The predicted octanol–water partition coefficient (Wildman–Crippen LogP) is 4.66. The molecule has 4 nitrogen and oxygen atoms in total. The number of benzene rings is 2. The summed E-state index contributed by atoms with van der Waals surface area (Å²) in [5.41, 5.74) is 2.14. The second kappa shape index (κ2) is 6.29. The van der Waals surface area contributed by atoms with Crippen molar-refractivity contribution in [1.29, 1.82) is 0 Å². The summed E-state index contributed by atoms with van der Waals surface area (Å²) in [5.74, 6) is -0.188. The highest BCUT2D eigenvalue weighted by atomic mass is 79.9. The van der Waals surface area contributed by atoms with Gasteiger partial charge in [0.25, 0.3) is 5.91 Å². The molecule has 0 aliphatic carbocycles. The Hall–Kier alpha value is -1.92. The van der Waals surface area contributed by atoms with Crippen LogP contribution in [0.1, 0.15) is 30.2 Å². The molecule has 1 amide bonds. The van der Waals surface area contributed by atoms with Crippen LogP contribution in [0, 0.1) is 0 Å². The lowest BCUT2D eigenvalue weighted by molar-refractivity contribution is 0.102. The highest BCUT2D eigenvalue weighted by Gasteiger charge is 2.13. The molecule has 1 heterocycles. The van der Waals surface area contributed by atoms with E-state index in [0.717, 1.165) is 14.7 Å². The fourth-order valence-electron chi connectivity index (χ4n) is 2.45. The van der Waals surface area contributed by atoms with Crippen LogP contribution in [0.15, 0.2) is 51.7 Å². The largest absolute Gasteiger partial charge is 0.322 e. The lowest BCUT2D eigenvalue weighted by atomic mass is 10.2. The van der Waals surface area contributed by atoms with Crippen molar-refractivity contribution in [2.24, 2.45) is 0 Å². The molecule has 0 saturated carbocycles. The quantitative estimate of drug-likeness (QED) is 0.706. The van der Waals surface area contributed by atoms with Gasteiger partial charge < -0.3 is 5.32 Å². The monoisotopic (exact) mass is 390 g/mol. The molecule has 0 fully saturated rings. The van der Waals surface area contributed by atoms with E-state index >= 15 is 0 Å². The van der Waals surface area contributed by atoms with Crippen molar-refractivity contribution in [1.82, 2.24) is 4.57 Å². The molecular formula is C17H15BrN2O2S. The van der Waals surface area contributed by atoms with Gasteiger partial charge in [0.15, 0.2) is 0 Å². The Kier molecular flexibility index (Phi) is 4.37. The number of nitrogens with zero attached hydrogens (tertiary/aromatic N) is 1. The molecule has 2 aromatic carbocycles. The number of carbonyl (C=O) groups excluding carboxylic acids is 1. The maximum absolute atomic E-state index is 12.3. The minimum Gasteiger partial charge on any atom is -0.322 e. The minimum atomic E-state index is -0.188. The number of rotatable bonds is 3. The number of hydrogen-bond donors (Lipinski definition) is 1. The summed E-state index contributed by atoms with van der Waals surface area (Å²) in [6.07, 6.45) is 0. The van der Waals surface area contributed by atoms with E-state index in [4.69, 9.17) is 0 Å². The number of carbonyl (C=O) groups is 1. The number of anilines is 1. The first-order valence-corrected chi connectivity index (χ1v) is 8.79. The fraction of sp³-hybridized carbons (Fsp3) is 0.176. The van der Waals surface area contributed by atoms with E-state index in [0.29, 0.717) is 11.3 Å². The molecule has 1 aromatic heterocycles. The molecule has 0 saturated heterocycles. The van der Waals surface area contributed by atoms with Crippen molar-refractivity contribution in [2.75, 3.05) is 5.32 Å². The van der Waals surface area contributed by atoms with Crippen LogP contribution in [0.2, 0.25) is 0 Å². The summed E-state index contributed by atoms with van der Waals surface area (Å²) in [7, 11) is 0. The minimum absolute atomic E-state index is 0.0179. The maximum Gasteiger partial charge on any atom is 0.308 e. The third-order valence-electron chi connectivity index (χ3n) is 3.51. The zero-order valence-corrected chi connectivity index (χ0v) is 15.1. The summed E-state index contributed by atoms with van der Waals surface area (Å²) in [6.45, 7) is 3.96. The zero-order chi connectivity index (χ0) is 16.6. The van der Waals surface area contributed by atoms with Crippen molar-refractivity contribution in [2.45, 2.75) is 19.9 Å². The molecule has 3 aromatic rings. The van der Waals surface area contributed by atoms with Gasteiger partial charge in [-0.2, -0.15) is 0 Å². The highest BCUT2D eigenvalue weighted by molar-refractivity contribution is 9.10. The second-order valence-electron chi connectivity index (χ2n) is 5.45. The predicted molar refractivity (Wildman–Crippen MR) is 98.6 cm³/mol. The van der Waals surface area contributed by atoms with E-state index in [2.05, 4.69) is 21.2 Å². The number of fused-ring (bicyclic) bond motifs is 1. The van der Waals surface area contributed by atoms with Gasteiger partial charge in [-0.3, -0.25) is 14.2 Å². The molecule has 1 N–H and O–H groups in total. The molecular weight excluding hydrogens is 376 g/mol. The van der Waals surface area contributed by atoms with Crippen LogP contribution in [0.5, 0.6) is 0 Å². The van der Waals surface area contributed by atoms with Crippen molar-refractivity contribution in [3.63, 3.8) is 0 Å². The molecule has 23 heavy (non-hydrogen) atoms. The van der Waals surface area contributed by atoms with E-state index in [9.17, 15) is 9.59 Å². The Balaban J connectivity index is 1.94. The van der Waals surface area contributed by atoms with E-state index in [1.54, 1.807) is 10.6 Å². The molecule has 118 valence electrons. The summed E-state index contributed by atoms with van der Waals surface area (Å²) in [4.78, 5) is 24.4. The van der Waals surface area contributed by atoms with Crippen LogP contribution >= 0.6 is 27.3 Å². The van der Waals surface area contributed by atoms with Crippen LogP contribution in [-0.2, 0) is 0 Å². The van der Waals surface area contributed by atoms with Gasteiger partial charge in [-0.25, -0.2) is 0 Å². The maximum atomic E-state index is 12.3. The van der Waals surface area contributed by atoms with Gasteiger partial charge in [0.05, 0.1) is 15.8 Å². The van der Waals surface area contributed by atoms with Crippen molar-refractivity contribution in [3.05, 3.63) is 62.2 Å². The molecule has 0 unspecified atom stereocenters. The van der Waals surface area contributed by atoms with Crippen LogP contribution in [0.4, 0.5) is 5.69 Å². The molecule has 0 aliphatic heterocycles. The van der Waals surface area contributed by atoms with Gasteiger partial charge in [0.1, 0.15) is 0 Å². The Bertz CT molecular complexity index is 943. The third-order valence-corrected chi connectivity index (χ3v) is 5.12. The van der Waals surface area contributed by atoms with Crippen molar-refractivity contribution < 1.29 is 4.79 Å². The average molecular weight is 391 g/mol. The summed E-state index contributed by atoms with van der Waals surface area (Å²) in [6, 6.07) is 12.9. The van der Waals surface area contributed by atoms with Crippen LogP contribution in [0.3, 0.4) is 0 Å². The molecule has 0 spiro atoms. The summed E-state index contributed by atoms with van der Waals surface area (Å²) in [5, 5.41) is 2.88. The molecule has 0 radical (unpaired) electrons. The molecule has 3 rings (SSSR count). The van der Waals surface area contributed by atoms with Gasteiger partial charge in [0, 0.05) is 16.2 Å². The van der Waals surface area contributed by atoms with Crippen LogP contribution in [-0.4, -0.2) is 10.5 Å². The molecule has 6 heteroatoms. The first-order chi connectivity index (χ1) is 11.0. The fourth-order valence-corrected chi connectivity index (χ4v) is 3.96. The highest BCUT2D eigenvalue weighted by Crippen LogP contribution is 2.25. The van der Waals surface area contributed by atoms with E-state index in [-0.39, 0.29) is 16.8 Å². The summed E-state index contributed by atoms with van der Waals surface area (Å²) >= 11 is 4.57. The number of aromatic nitrogens is 1. The van der Waals surface area contributed by atoms with Crippen LogP contribution in [0.25, 0.3) is 10.2 Å². The lowest BCUT2D eigenvalue weighted by Gasteiger charge is -2.09. The smallest absolute Gasteiger partial charge is 0.308 e. The van der Waals surface area contributed by atoms with Gasteiger partial charge in [-0.15, -0.1) is 0 Å². The Labute approximate surface area is 145 Å². The van der Waals surface area contributed by atoms with Gasteiger partial charge in [-0.1, -0.05) is 23.5 Å². The topological polar surface area (TPSA) is 51.1 Å². The zero-order valence-electron chi connectivity index (χ0n) is 12.7. The Morgan fingerprint density at radius 1 is 1.22 bits per heavy atom. The average Bonchev–Trinajstić information content (AvgIpc) is 2.82. The molecule has 0 aliphatic rings. The third kappa shape index (κ3) is 3.09. The van der Waals surface area contributed by atoms with E-state index in [1.165, 1.54) is 11.3 Å². The second-order valence-corrected chi connectivity index (χ2v) is 7.30. The number of hydrogen-bond acceptors (Lipinski definition) is 3. The van der Waals surface area contributed by atoms with Crippen LogP contribution < -0.4 is 10.2 Å². The SMILES string of the molecule is CC(C)n1c(=O)sc2cc(NC(=O)c3ccccc3Br)ccc21. The molecule has 0 atom stereocenters. The Morgan fingerprint density at radius 3 is 2.65 bits per heavy atom. The Morgan fingerprint density at radius 2 is 1.96 bits per heavy atom. The number of thiazole rings is 1. The lowest BCUT2D eigenvalue weighted by Crippen LogP contribution is -2.14. The van der Waals surface area contributed by atoms with E-state index in [1.807, 2.05) is 50.2 Å². The van der Waals surface area contributed by atoms with Crippen molar-refractivity contribution >= 4 is 49.1 Å². The number of amides is 1. The number of halogens is 1. The van der Waals surface area contributed by atoms with Gasteiger partial charge in [0.2, 0.25) is 0 Å². The normalized spacial score (nSPS) is 11.1. The first kappa shape index (κ1) is 16.0. The van der Waals surface area contributed by atoms with E-state index < -0.39 is 0 Å². The number of nitrogens with one attached hydrogen (secondary N) is 1. The molecule has 0 bridgehead atoms. The van der Waals surface area contributed by atoms with Crippen molar-refractivity contribution in [3.8, 4) is 0 Å². The van der Waals surface area contributed by atoms with Gasteiger partial charge >= 0.3 is 4.87 Å². The summed E-state index contributed by atoms with van der Waals surface area (Å²) < 4.78 is 3.38. The standard InChI is InChI=1S/C17H15BrN2O2S/c1-10(2)20-14-8-7-11(9-15(14)23-17(20)22)19-16(21)12-5-3-4-6-13(12)18/h3-10H,1-2H3,(H,19,21). The first-order valence-electron chi connectivity index (χ1n) is 7.18.